The highest BCUT2D eigenvalue weighted by Gasteiger charge is 2.51. The van der Waals surface area contributed by atoms with E-state index in [1.165, 1.54) is 13.8 Å². The van der Waals surface area contributed by atoms with E-state index in [1.54, 1.807) is 6.92 Å². The van der Waals surface area contributed by atoms with Crippen LogP contribution in [-0.2, 0) is 38.5 Å². The van der Waals surface area contributed by atoms with E-state index in [4.69, 9.17) is 27.7 Å². The minimum absolute atomic E-state index is 0.0429. The van der Waals surface area contributed by atoms with Crippen molar-refractivity contribution in [3.8, 4) is 0 Å². The van der Waals surface area contributed by atoms with Crippen molar-refractivity contribution in [1.82, 2.24) is 0 Å². The molecule has 8 N–H and O–H groups in total. The van der Waals surface area contributed by atoms with Crippen molar-refractivity contribution in [2.75, 3.05) is 0 Å². The molecule has 0 bridgehead atoms. The van der Waals surface area contributed by atoms with Crippen LogP contribution in [0.3, 0.4) is 0 Å². The first-order chi connectivity index (χ1) is 13.4. The summed E-state index contributed by atoms with van der Waals surface area (Å²) in [5.41, 5.74) is 20.2. The molecule has 0 spiro atoms. The number of nitrogens with two attached hydrogens (primary N) is 4. The normalized spacial score (nSPS) is 32.6. The van der Waals surface area contributed by atoms with Crippen molar-refractivity contribution in [2.24, 2.45) is 34.8 Å². The van der Waals surface area contributed by atoms with Gasteiger partial charge in [-0.2, -0.15) is 0 Å². The van der Waals surface area contributed by atoms with Gasteiger partial charge in [0.1, 0.15) is 17.9 Å². The Bertz CT molecular complexity index is 684. The van der Waals surface area contributed by atoms with Crippen LogP contribution in [0.25, 0.3) is 0 Å². The van der Waals surface area contributed by atoms with Crippen LogP contribution in [0.5, 0.6) is 0 Å². The summed E-state index contributed by atoms with van der Waals surface area (Å²) in [5, 5.41) is 0. The lowest BCUT2D eigenvalue weighted by molar-refractivity contribution is -0.275. The number of cyclic esters (lactones) is 1. The first kappa shape index (κ1) is 24.6. The zero-order valence-corrected chi connectivity index (χ0v) is 16.6. The van der Waals surface area contributed by atoms with Crippen molar-refractivity contribution < 1.29 is 38.5 Å². The minimum Gasteiger partial charge on any atom is -0.430 e. The molecule has 0 radical (unpaired) electrons. The molecule has 0 aromatic carbocycles. The second kappa shape index (κ2) is 9.87. The van der Waals surface area contributed by atoms with Gasteiger partial charge in [0.05, 0.1) is 12.0 Å². The number of carbonyl (C=O) groups excluding carboxylic acids is 5. The molecule has 0 amide bonds. The van der Waals surface area contributed by atoms with Gasteiger partial charge in [0.15, 0.2) is 5.78 Å². The Morgan fingerprint density at radius 2 is 1.79 bits per heavy atom. The molecule has 1 fully saturated rings. The number of rotatable bonds is 3. The predicted octanol–water partition coefficient (Wildman–Crippen LogP) is -2.22. The molecule has 29 heavy (non-hydrogen) atoms. The largest absolute Gasteiger partial charge is 0.430 e. The number of ether oxygens (including phenoxy) is 1. The Balaban J connectivity index is 3.17. The van der Waals surface area contributed by atoms with Gasteiger partial charge in [0.25, 0.3) is 5.72 Å². The molecule has 164 valence electrons. The summed E-state index contributed by atoms with van der Waals surface area (Å²) >= 11 is 0. The van der Waals surface area contributed by atoms with Crippen LogP contribution in [0, 0.1) is 11.8 Å². The fourth-order valence-electron chi connectivity index (χ4n) is 2.53. The van der Waals surface area contributed by atoms with Crippen LogP contribution < -0.4 is 22.9 Å². The van der Waals surface area contributed by atoms with Crippen LogP contribution in [0.15, 0.2) is 0 Å². The quantitative estimate of drug-likeness (QED) is 0.218. The van der Waals surface area contributed by atoms with Crippen molar-refractivity contribution in [3.05, 3.63) is 0 Å². The van der Waals surface area contributed by atoms with Gasteiger partial charge in [-0.1, -0.05) is 13.8 Å². The summed E-state index contributed by atoms with van der Waals surface area (Å²) in [6.45, 7) is 4.18. The topological polar surface area (TPSA) is 217 Å². The Labute approximate surface area is 167 Å². The van der Waals surface area contributed by atoms with Crippen LogP contribution in [0.1, 0.15) is 40.0 Å². The first-order valence-electron chi connectivity index (χ1n) is 9.14. The molecule has 0 aromatic heterocycles. The molecule has 12 heteroatoms. The zero-order valence-electron chi connectivity index (χ0n) is 16.6. The molecule has 1 heterocycles. The lowest BCUT2D eigenvalue weighted by Crippen LogP contribution is -2.61. The highest BCUT2D eigenvalue weighted by molar-refractivity contribution is 5.96. The van der Waals surface area contributed by atoms with E-state index >= 15 is 0 Å². The van der Waals surface area contributed by atoms with Gasteiger partial charge in [-0.15, -0.1) is 0 Å². The highest BCUT2D eigenvalue weighted by Crippen LogP contribution is 2.25. The molecule has 1 aliphatic heterocycles. The fraction of sp³-hybridized carbons (Fsp3) is 0.706. The molecule has 6 atom stereocenters. The lowest BCUT2D eigenvalue weighted by atomic mass is 9.88. The average Bonchev–Trinajstić information content (AvgIpc) is 2.71. The third-order valence-electron chi connectivity index (χ3n) is 4.98. The van der Waals surface area contributed by atoms with Gasteiger partial charge in [-0.25, -0.2) is 19.4 Å². The third kappa shape index (κ3) is 5.56. The molecule has 12 nitrogen and oxygen atoms in total. The van der Waals surface area contributed by atoms with Gasteiger partial charge in [-0.3, -0.25) is 20.1 Å². The molecular weight excluding hydrogens is 388 g/mol. The van der Waals surface area contributed by atoms with Crippen LogP contribution >= 0.6 is 0 Å². The van der Waals surface area contributed by atoms with E-state index in [0.29, 0.717) is 0 Å². The van der Waals surface area contributed by atoms with Gasteiger partial charge >= 0.3 is 17.9 Å². The van der Waals surface area contributed by atoms with E-state index in [9.17, 15) is 24.0 Å². The van der Waals surface area contributed by atoms with E-state index < -0.39 is 65.2 Å². The molecule has 1 rings (SSSR count). The number of esters is 1. The van der Waals surface area contributed by atoms with Gasteiger partial charge in [-0.05, 0) is 19.8 Å². The Hall–Kier alpha value is -2.41. The van der Waals surface area contributed by atoms with E-state index in [-0.39, 0.29) is 19.3 Å². The summed E-state index contributed by atoms with van der Waals surface area (Å²) in [6, 6.07) is -3.60. The second-order valence-electron chi connectivity index (χ2n) is 7.05. The number of hydrogen-bond donors (Lipinski definition) is 4. The number of hydrogen-bond acceptors (Lipinski definition) is 12. The molecule has 0 aliphatic carbocycles. The summed E-state index contributed by atoms with van der Waals surface area (Å²) in [4.78, 5) is 69.9. The van der Waals surface area contributed by atoms with Crippen molar-refractivity contribution in [2.45, 2.75) is 63.9 Å². The molecule has 1 aliphatic rings. The van der Waals surface area contributed by atoms with Crippen LogP contribution in [0.2, 0.25) is 0 Å². The first-order valence-corrected chi connectivity index (χ1v) is 9.14. The van der Waals surface area contributed by atoms with E-state index in [1.807, 2.05) is 0 Å². The predicted molar refractivity (Wildman–Crippen MR) is 97.0 cm³/mol. The molecule has 1 saturated heterocycles. The van der Waals surface area contributed by atoms with Crippen molar-refractivity contribution in [1.29, 1.82) is 0 Å². The second-order valence-corrected chi connectivity index (χ2v) is 7.05. The maximum absolute atomic E-state index is 12.5. The molecular formula is C17H28N4O8. The molecule has 0 saturated carbocycles. The smallest absolute Gasteiger partial charge is 0.414 e. The highest BCUT2D eigenvalue weighted by atomic mass is 17.2. The van der Waals surface area contributed by atoms with Gasteiger partial charge < -0.3 is 21.9 Å². The maximum Gasteiger partial charge on any atom is 0.414 e. The minimum atomic E-state index is -2.65. The standard InChI is InChI=1S/C17H28N4O8/c1-4-9(18)14(24)28-29-16(26)17(21)8(3)11(22)6-5-10(19)13(23)7(2)12(20)15(25)27-17/h7-10,12H,4-6,18-21H2,1-3H3. The molecule has 0 aromatic rings. The third-order valence-corrected chi connectivity index (χ3v) is 4.98. The SMILES string of the molecule is CCC(N)C(=O)OOC(=O)C1(N)OC(=O)C(N)C(C)C(=O)C(N)CCC(=O)C1C. The van der Waals surface area contributed by atoms with Crippen LogP contribution in [-0.4, -0.2) is 53.3 Å². The van der Waals surface area contributed by atoms with E-state index in [2.05, 4.69) is 9.78 Å². The van der Waals surface area contributed by atoms with Crippen LogP contribution in [0.4, 0.5) is 0 Å². The fourth-order valence-corrected chi connectivity index (χ4v) is 2.53. The monoisotopic (exact) mass is 416 g/mol. The Kier molecular flexibility index (Phi) is 8.38. The summed E-state index contributed by atoms with van der Waals surface area (Å²) < 4.78 is 5.00. The Morgan fingerprint density at radius 3 is 2.34 bits per heavy atom. The van der Waals surface area contributed by atoms with E-state index in [0.717, 1.165) is 0 Å². The molecule has 6 unspecified atom stereocenters. The average molecular weight is 416 g/mol. The summed E-state index contributed by atoms with van der Waals surface area (Å²) in [6.07, 6.45) is -0.0614. The van der Waals surface area contributed by atoms with Crippen molar-refractivity contribution >= 4 is 29.5 Å². The number of ketones is 2. The maximum atomic E-state index is 12.5. The summed E-state index contributed by atoms with van der Waals surface area (Å²) in [7, 11) is 0. The van der Waals surface area contributed by atoms with Crippen molar-refractivity contribution in [3.63, 3.8) is 0 Å². The number of Topliss-reactive ketones (excluding diaryl/α,β-unsaturated/α-hetero) is 2. The lowest BCUT2D eigenvalue weighted by Gasteiger charge is -2.31. The van der Waals surface area contributed by atoms with Gasteiger partial charge in [0.2, 0.25) is 0 Å². The Morgan fingerprint density at radius 1 is 1.21 bits per heavy atom. The summed E-state index contributed by atoms with van der Waals surface area (Å²) in [5.74, 6) is -7.44. The van der Waals surface area contributed by atoms with Gasteiger partial charge in [0, 0.05) is 12.3 Å². The number of carbonyl (C=O) groups is 5. The zero-order chi connectivity index (χ0) is 22.5.